The van der Waals surface area contributed by atoms with E-state index < -0.39 is 0 Å². The van der Waals surface area contributed by atoms with Crippen LogP contribution < -0.4 is 15.2 Å². The lowest BCUT2D eigenvalue weighted by atomic mass is 10.0. The van der Waals surface area contributed by atoms with Crippen molar-refractivity contribution in [1.82, 2.24) is 4.90 Å². The van der Waals surface area contributed by atoms with Crippen LogP contribution in [-0.4, -0.2) is 30.2 Å². The Bertz CT molecular complexity index is 522. The molecule has 5 nitrogen and oxygen atoms in total. The summed E-state index contributed by atoms with van der Waals surface area (Å²) in [6.45, 7) is 2.95. The van der Waals surface area contributed by atoms with Crippen LogP contribution in [0.25, 0.3) is 0 Å². The van der Waals surface area contributed by atoms with Crippen molar-refractivity contribution in [2.45, 2.75) is 38.3 Å². The SMILES string of the molecule is CC(N)CC(=O)N1CCCC1c1ccc2c(c1)OCO2.Cl. The number of amides is 1. The van der Waals surface area contributed by atoms with Gasteiger partial charge < -0.3 is 20.1 Å². The van der Waals surface area contributed by atoms with E-state index in [9.17, 15) is 4.79 Å². The molecular formula is C15H21ClN2O3. The lowest BCUT2D eigenvalue weighted by molar-refractivity contribution is -0.132. The van der Waals surface area contributed by atoms with Gasteiger partial charge in [-0.25, -0.2) is 0 Å². The maximum Gasteiger partial charge on any atom is 0.231 e. The zero-order valence-corrected chi connectivity index (χ0v) is 12.9. The fraction of sp³-hybridized carbons (Fsp3) is 0.533. The van der Waals surface area contributed by atoms with Gasteiger partial charge in [-0.1, -0.05) is 6.07 Å². The molecule has 0 aromatic heterocycles. The molecule has 0 saturated carbocycles. The van der Waals surface area contributed by atoms with Gasteiger partial charge in [0.25, 0.3) is 0 Å². The highest BCUT2D eigenvalue weighted by Gasteiger charge is 2.31. The monoisotopic (exact) mass is 312 g/mol. The highest BCUT2D eigenvalue weighted by molar-refractivity contribution is 5.85. The quantitative estimate of drug-likeness (QED) is 0.929. The minimum Gasteiger partial charge on any atom is -0.454 e. The molecule has 2 unspecified atom stereocenters. The van der Waals surface area contributed by atoms with Gasteiger partial charge in [-0.2, -0.15) is 0 Å². The van der Waals surface area contributed by atoms with Gasteiger partial charge in [0.1, 0.15) is 0 Å². The molecule has 2 aliphatic heterocycles. The zero-order valence-electron chi connectivity index (χ0n) is 12.1. The first-order valence-corrected chi connectivity index (χ1v) is 7.10. The van der Waals surface area contributed by atoms with Crippen molar-refractivity contribution < 1.29 is 14.3 Å². The first kappa shape index (κ1) is 15.9. The van der Waals surface area contributed by atoms with E-state index >= 15 is 0 Å². The summed E-state index contributed by atoms with van der Waals surface area (Å²) >= 11 is 0. The summed E-state index contributed by atoms with van der Waals surface area (Å²) in [7, 11) is 0. The molecule has 2 N–H and O–H groups in total. The van der Waals surface area contributed by atoms with E-state index in [1.165, 1.54) is 0 Å². The second-order valence-corrected chi connectivity index (χ2v) is 5.54. The van der Waals surface area contributed by atoms with Crippen molar-refractivity contribution in [1.29, 1.82) is 0 Å². The molecule has 116 valence electrons. The normalized spacial score (nSPS) is 21.0. The summed E-state index contributed by atoms with van der Waals surface area (Å²) in [6, 6.07) is 5.97. The largest absolute Gasteiger partial charge is 0.454 e. The number of likely N-dealkylation sites (tertiary alicyclic amines) is 1. The molecular weight excluding hydrogens is 292 g/mol. The molecule has 0 radical (unpaired) electrons. The van der Waals surface area contributed by atoms with Gasteiger partial charge in [0.2, 0.25) is 12.7 Å². The van der Waals surface area contributed by atoms with Gasteiger partial charge in [0.15, 0.2) is 11.5 Å². The Balaban J connectivity index is 0.00000161. The van der Waals surface area contributed by atoms with Crippen molar-refractivity contribution in [2.75, 3.05) is 13.3 Å². The fourth-order valence-corrected chi connectivity index (χ4v) is 2.92. The number of ether oxygens (including phenoxy) is 2. The molecule has 1 aromatic rings. The van der Waals surface area contributed by atoms with Gasteiger partial charge in [0.05, 0.1) is 6.04 Å². The second kappa shape index (κ2) is 6.54. The van der Waals surface area contributed by atoms with Crippen molar-refractivity contribution in [3.05, 3.63) is 23.8 Å². The van der Waals surface area contributed by atoms with Crippen molar-refractivity contribution in [3.63, 3.8) is 0 Å². The molecule has 1 amide bonds. The summed E-state index contributed by atoms with van der Waals surface area (Å²) in [4.78, 5) is 14.2. The van der Waals surface area contributed by atoms with Crippen LogP contribution >= 0.6 is 12.4 Å². The molecule has 0 bridgehead atoms. The number of fused-ring (bicyclic) bond motifs is 1. The van der Waals surface area contributed by atoms with E-state index in [2.05, 4.69) is 0 Å². The minimum absolute atomic E-state index is 0. The van der Waals surface area contributed by atoms with Gasteiger partial charge in [-0.3, -0.25) is 4.79 Å². The molecule has 3 rings (SSSR count). The lowest BCUT2D eigenvalue weighted by Gasteiger charge is -2.26. The Morgan fingerprint density at radius 1 is 1.43 bits per heavy atom. The minimum atomic E-state index is -0.0968. The second-order valence-electron chi connectivity index (χ2n) is 5.54. The zero-order chi connectivity index (χ0) is 14.1. The lowest BCUT2D eigenvalue weighted by Crippen LogP contribution is -2.34. The van der Waals surface area contributed by atoms with Crippen LogP contribution in [0, 0.1) is 0 Å². The Morgan fingerprint density at radius 2 is 2.19 bits per heavy atom. The average molecular weight is 313 g/mol. The van der Waals surface area contributed by atoms with E-state index in [0.717, 1.165) is 36.4 Å². The van der Waals surface area contributed by atoms with Crippen LogP contribution in [0.2, 0.25) is 0 Å². The summed E-state index contributed by atoms with van der Waals surface area (Å²) < 4.78 is 10.7. The number of hydrogen-bond acceptors (Lipinski definition) is 4. The number of halogens is 1. The third-order valence-corrected chi connectivity index (χ3v) is 3.85. The highest BCUT2D eigenvalue weighted by Crippen LogP contribution is 2.39. The van der Waals surface area contributed by atoms with Gasteiger partial charge in [0, 0.05) is 19.0 Å². The van der Waals surface area contributed by atoms with E-state index in [0.29, 0.717) is 6.42 Å². The van der Waals surface area contributed by atoms with Crippen LogP contribution in [0.3, 0.4) is 0 Å². The molecule has 1 fully saturated rings. The van der Waals surface area contributed by atoms with E-state index in [1.54, 1.807) is 0 Å². The molecule has 0 aliphatic carbocycles. The number of carbonyl (C=O) groups excluding carboxylic acids is 1. The Hall–Kier alpha value is -1.46. The van der Waals surface area contributed by atoms with Crippen LogP contribution in [-0.2, 0) is 4.79 Å². The predicted molar refractivity (Wildman–Crippen MR) is 81.8 cm³/mol. The fourth-order valence-electron chi connectivity index (χ4n) is 2.92. The summed E-state index contributed by atoms with van der Waals surface area (Å²) in [6.07, 6.45) is 2.43. The Kier molecular flexibility index (Phi) is 4.96. The maximum absolute atomic E-state index is 12.3. The van der Waals surface area contributed by atoms with Crippen molar-refractivity contribution in [2.24, 2.45) is 5.73 Å². The number of rotatable bonds is 3. The average Bonchev–Trinajstić information content (AvgIpc) is 3.06. The summed E-state index contributed by atoms with van der Waals surface area (Å²) in [5, 5.41) is 0. The molecule has 1 aromatic carbocycles. The van der Waals surface area contributed by atoms with Crippen LogP contribution in [0.5, 0.6) is 11.5 Å². The highest BCUT2D eigenvalue weighted by atomic mass is 35.5. The van der Waals surface area contributed by atoms with E-state index in [4.69, 9.17) is 15.2 Å². The first-order valence-electron chi connectivity index (χ1n) is 7.10. The molecule has 21 heavy (non-hydrogen) atoms. The van der Waals surface area contributed by atoms with Crippen molar-refractivity contribution in [3.8, 4) is 11.5 Å². The summed E-state index contributed by atoms with van der Waals surface area (Å²) in [5.74, 6) is 1.69. The first-order chi connectivity index (χ1) is 9.65. The molecule has 2 heterocycles. The van der Waals surface area contributed by atoms with Crippen LogP contribution in [0.15, 0.2) is 18.2 Å². The third-order valence-electron chi connectivity index (χ3n) is 3.85. The van der Waals surface area contributed by atoms with Crippen molar-refractivity contribution >= 4 is 18.3 Å². The summed E-state index contributed by atoms with van der Waals surface area (Å²) in [5.41, 5.74) is 6.85. The number of carbonyl (C=O) groups is 1. The standard InChI is InChI=1S/C15H20N2O3.ClH/c1-10(16)7-15(18)17-6-2-3-12(17)11-4-5-13-14(8-11)20-9-19-13;/h4-5,8,10,12H,2-3,6-7,9,16H2,1H3;1H. The maximum atomic E-state index is 12.3. The predicted octanol–water partition coefficient (Wildman–Crippen LogP) is 2.24. The Morgan fingerprint density at radius 3 is 2.95 bits per heavy atom. The number of benzene rings is 1. The number of nitrogens with zero attached hydrogens (tertiary/aromatic N) is 1. The smallest absolute Gasteiger partial charge is 0.231 e. The third kappa shape index (κ3) is 3.24. The van der Waals surface area contributed by atoms with Gasteiger partial charge in [-0.15, -0.1) is 12.4 Å². The van der Waals surface area contributed by atoms with Crippen LogP contribution in [0.4, 0.5) is 0 Å². The molecule has 2 atom stereocenters. The Labute approximate surface area is 130 Å². The van der Waals surface area contributed by atoms with E-state index in [1.807, 2.05) is 30.0 Å². The molecule has 0 spiro atoms. The number of nitrogens with two attached hydrogens (primary N) is 1. The van der Waals surface area contributed by atoms with Crippen LogP contribution in [0.1, 0.15) is 37.8 Å². The van der Waals surface area contributed by atoms with E-state index in [-0.39, 0.29) is 37.2 Å². The topological polar surface area (TPSA) is 64.8 Å². The van der Waals surface area contributed by atoms with Gasteiger partial charge in [-0.05, 0) is 37.5 Å². The molecule has 2 aliphatic rings. The molecule has 6 heteroatoms. The van der Waals surface area contributed by atoms with Gasteiger partial charge >= 0.3 is 0 Å². The number of hydrogen-bond donors (Lipinski definition) is 1. The molecule has 1 saturated heterocycles.